The summed E-state index contributed by atoms with van der Waals surface area (Å²) in [6, 6.07) is 5.89. The molecule has 2 fully saturated rings. The molecule has 0 radical (unpaired) electrons. The molecule has 1 aromatic carbocycles. The highest BCUT2D eigenvalue weighted by Crippen LogP contribution is 2.44. The van der Waals surface area contributed by atoms with Crippen molar-refractivity contribution in [3.05, 3.63) is 30.5 Å². The van der Waals surface area contributed by atoms with E-state index in [0.29, 0.717) is 18.6 Å². The van der Waals surface area contributed by atoms with E-state index in [0.717, 1.165) is 30.2 Å². The number of rotatable bonds is 6. The summed E-state index contributed by atoms with van der Waals surface area (Å²) in [7, 11) is 2.17. The Morgan fingerprint density at radius 3 is 2.78 bits per heavy atom. The Hall–Kier alpha value is -2.21. The van der Waals surface area contributed by atoms with E-state index < -0.39 is 0 Å². The number of aliphatic imine (C=N–C) groups is 1. The van der Waals surface area contributed by atoms with Gasteiger partial charge in [0.1, 0.15) is 12.4 Å². The van der Waals surface area contributed by atoms with E-state index in [4.69, 9.17) is 16.2 Å². The van der Waals surface area contributed by atoms with Crippen LogP contribution < -0.4 is 21.1 Å². The molecule has 2 heterocycles. The highest BCUT2D eigenvalue weighted by atomic mass is 16.5. The fourth-order valence-electron chi connectivity index (χ4n) is 3.53. The summed E-state index contributed by atoms with van der Waals surface area (Å²) >= 11 is 0. The summed E-state index contributed by atoms with van der Waals surface area (Å²) in [5.74, 6) is 0.845. The first-order valence-corrected chi connectivity index (χ1v) is 7.94. The van der Waals surface area contributed by atoms with Crippen molar-refractivity contribution in [2.45, 2.75) is 0 Å². The first-order chi connectivity index (χ1) is 11.1. The van der Waals surface area contributed by atoms with Gasteiger partial charge in [0.15, 0.2) is 0 Å². The van der Waals surface area contributed by atoms with Crippen LogP contribution in [0.5, 0.6) is 5.75 Å². The first kappa shape index (κ1) is 15.7. The maximum absolute atomic E-state index is 5.91. The molecule has 0 bridgehead atoms. The minimum atomic E-state index is 0.492. The van der Waals surface area contributed by atoms with Crippen LogP contribution in [0.4, 0.5) is 11.4 Å². The maximum atomic E-state index is 5.91. The molecule has 3 rings (SSSR count). The van der Waals surface area contributed by atoms with Gasteiger partial charge in [-0.05, 0) is 31.5 Å². The number of ether oxygens (including phenoxy) is 1. The summed E-state index contributed by atoms with van der Waals surface area (Å²) in [4.78, 5) is 8.94. The Labute approximate surface area is 137 Å². The Bertz CT molecular complexity index is 599. The second-order valence-electron chi connectivity index (χ2n) is 6.54. The molecule has 0 saturated carbocycles. The molecule has 2 saturated heterocycles. The van der Waals surface area contributed by atoms with Crippen molar-refractivity contribution in [2.24, 2.45) is 16.1 Å². The molecule has 6 nitrogen and oxygen atoms in total. The minimum absolute atomic E-state index is 0.492. The third kappa shape index (κ3) is 3.42. The number of nitrogen functional groups attached to an aromatic ring is 1. The predicted octanol–water partition coefficient (Wildman–Crippen LogP) is 0.943. The molecule has 23 heavy (non-hydrogen) atoms. The number of nitrogens with two attached hydrogens (primary N) is 2. The van der Waals surface area contributed by atoms with Gasteiger partial charge in [-0.1, -0.05) is 0 Å². The van der Waals surface area contributed by atoms with Crippen molar-refractivity contribution >= 4 is 17.6 Å². The van der Waals surface area contributed by atoms with Gasteiger partial charge in [-0.3, -0.25) is 4.99 Å². The molecule has 0 amide bonds. The van der Waals surface area contributed by atoms with Gasteiger partial charge in [-0.15, -0.1) is 0 Å². The lowest BCUT2D eigenvalue weighted by Crippen LogP contribution is -2.71. The van der Waals surface area contributed by atoms with E-state index in [1.165, 1.54) is 19.3 Å². The molecular weight excluding hydrogens is 290 g/mol. The standard InChI is InChI=1S/C17H25N5O/c1-21-10-17(11-21)12-22(13-17)15-4-3-14(19)9-16(15)23-8-7-20-6-2-5-18/h2-6,9H,7-8,10-13,18-19H2,1H3/b5-2-,20-6?. The van der Waals surface area contributed by atoms with E-state index in [9.17, 15) is 0 Å². The topological polar surface area (TPSA) is 80.1 Å². The van der Waals surface area contributed by atoms with Gasteiger partial charge in [-0.25, -0.2) is 0 Å². The molecule has 0 aromatic heterocycles. The van der Waals surface area contributed by atoms with Crippen LogP contribution in [0.3, 0.4) is 0 Å². The summed E-state index contributed by atoms with van der Waals surface area (Å²) < 4.78 is 5.89. The number of hydrogen-bond acceptors (Lipinski definition) is 6. The first-order valence-electron chi connectivity index (χ1n) is 7.94. The van der Waals surface area contributed by atoms with E-state index in [1.54, 1.807) is 12.3 Å². The van der Waals surface area contributed by atoms with Gasteiger partial charge in [0.2, 0.25) is 0 Å². The van der Waals surface area contributed by atoms with Gasteiger partial charge >= 0.3 is 0 Å². The van der Waals surface area contributed by atoms with Crippen LogP contribution >= 0.6 is 0 Å². The zero-order chi connectivity index (χ0) is 16.3. The molecule has 6 heteroatoms. The molecule has 0 unspecified atom stereocenters. The quantitative estimate of drug-likeness (QED) is 0.464. The largest absolute Gasteiger partial charge is 0.489 e. The predicted molar refractivity (Wildman–Crippen MR) is 95.2 cm³/mol. The summed E-state index contributed by atoms with van der Waals surface area (Å²) in [5.41, 5.74) is 13.5. The molecule has 1 spiro atoms. The third-order valence-corrected chi connectivity index (χ3v) is 4.37. The second kappa shape index (κ2) is 6.50. The Kier molecular flexibility index (Phi) is 4.43. The van der Waals surface area contributed by atoms with Crippen molar-refractivity contribution in [3.63, 3.8) is 0 Å². The van der Waals surface area contributed by atoms with Gasteiger partial charge in [0.05, 0.1) is 12.2 Å². The smallest absolute Gasteiger partial charge is 0.144 e. The summed E-state index contributed by atoms with van der Waals surface area (Å²) in [5, 5.41) is 0. The zero-order valence-corrected chi connectivity index (χ0v) is 13.6. The van der Waals surface area contributed by atoms with E-state index in [-0.39, 0.29) is 0 Å². The number of benzene rings is 1. The van der Waals surface area contributed by atoms with E-state index in [1.807, 2.05) is 12.1 Å². The van der Waals surface area contributed by atoms with Crippen LogP contribution in [-0.4, -0.2) is 57.5 Å². The molecule has 2 aliphatic rings. The lowest BCUT2D eigenvalue weighted by molar-refractivity contribution is -0.00262. The lowest BCUT2D eigenvalue weighted by Gasteiger charge is -2.60. The average Bonchev–Trinajstić information content (AvgIpc) is 2.46. The van der Waals surface area contributed by atoms with E-state index in [2.05, 4.69) is 27.9 Å². The molecule has 4 N–H and O–H groups in total. The van der Waals surface area contributed by atoms with Gasteiger partial charge in [-0.2, -0.15) is 0 Å². The fourth-order valence-corrected chi connectivity index (χ4v) is 3.53. The molecule has 124 valence electrons. The van der Waals surface area contributed by atoms with Crippen molar-refractivity contribution in [2.75, 3.05) is 57.0 Å². The molecule has 0 aliphatic carbocycles. The van der Waals surface area contributed by atoms with Crippen LogP contribution in [0.15, 0.2) is 35.5 Å². The average molecular weight is 315 g/mol. The molecule has 0 atom stereocenters. The van der Waals surface area contributed by atoms with Gasteiger partial charge < -0.3 is 26.0 Å². The Balaban J connectivity index is 1.58. The van der Waals surface area contributed by atoms with Crippen molar-refractivity contribution in [1.82, 2.24) is 4.90 Å². The van der Waals surface area contributed by atoms with Crippen LogP contribution in [0.25, 0.3) is 0 Å². The van der Waals surface area contributed by atoms with Crippen molar-refractivity contribution in [1.29, 1.82) is 0 Å². The van der Waals surface area contributed by atoms with Crippen LogP contribution in [-0.2, 0) is 0 Å². The number of nitrogens with zero attached hydrogens (tertiary/aromatic N) is 3. The second-order valence-corrected chi connectivity index (χ2v) is 6.54. The van der Waals surface area contributed by atoms with Gasteiger partial charge in [0.25, 0.3) is 0 Å². The third-order valence-electron chi connectivity index (χ3n) is 4.37. The fraction of sp³-hybridized carbons (Fsp3) is 0.471. The molecule has 2 aliphatic heterocycles. The Morgan fingerprint density at radius 1 is 1.30 bits per heavy atom. The monoisotopic (exact) mass is 315 g/mol. The molecular formula is C17H25N5O. The number of likely N-dealkylation sites (tertiary alicyclic amines) is 1. The van der Waals surface area contributed by atoms with Crippen molar-refractivity contribution in [3.8, 4) is 5.75 Å². The lowest BCUT2D eigenvalue weighted by atomic mass is 9.73. The van der Waals surface area contributed by atoms with Crippen LogP contribution in [0.1, 0.15) is 0 Å². The van der Waals surface area contributed by atoms with Crippen LogP contribution in [0, 0.1) is 5.41 Å². The number of allylic oxidation sites excluding steroid dienone is 1. The van der Waals surface area contributed by atoms with Crippen LogP contribution in [0.2, 0.25) is 0 Å². The highest BCUT2D eigenvalue weighted by Gasteiger charge is 2.50. The summed E-state index contributed by atoms with van der Waals surface area (Å²) in [6.07, 6.45) is 4.83. The van der Waals surface area contributed by atoms with Gasteiger partial charge in [0, 0.05) is 49.6 Å². The Morgan fingerprint density at radius 2 is 2.09 bits per heavy atom. The van der Waals surface area contributed by atoms with E-state index >= 15 is 0 Å². The molecule has 1 aromatic rings. The van der Waals surface area contributed by atoms with Crippen molar-refractivity contribution < 1.29 is 4.74 Å². The summed E-state index contributed by atoms with van der Waals surface area (Å²) in [6.45, 7) is 5.69. The zero-order valence-electron chi connectivity index (χ0n) is 13.6. The minimum Gasteiger partial charge on any atom is -0.489 e. The highest BCUT2D eigenvalue weighted by molar-refractivity contribution is 5.70. The SMILES string of the molecule is CN1CC2(C1)CN(c1ccc(N)cc1OCCN=C/C=C\N)C2. The maximum Gasteiger partial charge on any atom is 0.144 e. The normalized spacial score (nSPS) is 20.1. The number of anilines is 2. The number of hydrogen-bond donors (Lipinski definition) is 2.